The number of benzene rings is 3. The lowest BCUT2D eigenvalue weighted by Crippen LogP contribution is -2.35. The molecule has 3 aliphatic rings. The zero-order chi connectivity index (χ0) is 21.8. The Balaban J connectivity index is 1.34. The molecule has 1 amide bonds. The second-order valence-electron chi connectivity index (χ2n) is 9.35. The van der Waals surface area contributed by atoms with Crippen LogP contribution in [0.25, 0.3) is 0 Å². The zero-order valence-corrected chi connectivity index (χ0v) is 17.5. The van der Waals surface area contributed by atoms with E-state index in [2.05, 4.69) is 41.0 Å². The van der Waals surface area contributed by atoms with Gasteiger partial charge in [-0.3, -0.25) is 4.79 Å². The van der Waals surface area contributed by atoms with Gasteiger partial charge in [0.25, 0.3) is 5.91 Å². The first-order chi connectivity index (χ1) is 15.6. The van der Waals surface area contributed by atoms with Crippen LogP contribution in [0, 0.1) is 29.4 Å². The van der Waals surface area contributed by atoms with E-state index in [1.807, 2.05) is 12.1 Å². The van der Waals surface area contributed by atoms with Gasteiger partial charge in [-0.2, -0.15) is 0 Å². The molecule has 5 heteroatoms. The summed E-state index contributed by atoms with van der Waals surface area (Å²) in [6.45, 7) is 0. The molecular weight excluding hydrogens is 406 g/mol. The third-order valence-corrected chi connectivity index (χ3v) is 7.69. The number of nitrogens with one attached hydrogen (secondary N) is 2. The average Bonchev–Trinajstić information content (AvgIpc) is 3.44. The summed E-state index contributed by atoms with van der Waals surface area (Å²) in [7, 11) is 0. The summed E-state index contributed by atoms with van der Waals surface area (Å²) in [6, 6.07) is 20.1. The van der Waals surface area contributed by atoms with E-state index < -0.39 is 11.6 Å². The number of carbonyl (C=O) groups excluding carboxylic acids is 1. The Morgan fingerprint density at radius 2 is 1.72 bits per heavy atom. The van der Waals surface area contributed by atoms with Gasteiger partial charge < -0.3 is 10.6 Å². The molecule has 2 fully saturated rings. The zero-order valence-electron chi connectivity index (χ0n) is 17.5. The number of fused-ring (bicyclic) bond motifs is 7. The largest absolute Gasteiger partial charge is 0.378 e. The molecule has 0 saturated heterocycles. The van der Waals surface area contributed by atoms with Crippen molar-refractivity contribution in [2.45, 2.75) is 31.2 Å². The number of anilines is 2. The fourth-order valence-electron chi connectivity index (χ4n) is 6.39. The molecule has 2 aliphatic carbocycles. The third-order valence-electron chi connectivity index (χ3n) is 7.69. The Kier molecular flexibility index (Phi) is 4.53. The summed E-state index contributed by atoms with van der Waals surface area (Å²) in [5, 5.41) is 6.47. The van der Waals surface area contributed by atoms with Gasteiger partial charge in [0.15, 0.2) is 11.6 Å². The second-order valence-corrected chi connectivity index (χ2v) is 9.35. The highest BCUT2D eigenvalue weighted by Gasteiger charge is 2.53. The van der Waals surface area contributed by atoms with E-state index in [-0.39, 0.29) is 17.6 Å². The van der Waals surface area contributed by atoms with Crippen LogP contribution in [0.1, 0.15) is 52.7 Å². The van der Waals surface area contributed by atoms with Crippen LogP contribution in [-0.2, 0) is 0 Å². The lowest BCUT2D eigenvalue weighted by Gasteiger charge is -2.43. The van der Waals surface area contributed by atoms with E-state index in [1.54, 1.807) is 6.07 Å². The fourth-order valence-corrected chi connectivity index (χ4v) is 6.39. The standard InChI is InChI=1S/C27H24F2N2O/c28-21-10-9-19(14-22(21)29)30-27(32)18-8-11-23-20(13-18)24-16-6-7-17(12-16)25(24)26(31-23)15-4-2-1-3-5-15/h1-5,8-11,13-14,16-17,24-26,31H,6-7,12H2,(H,30,32)/t16-,17-,24-,25+,26+/m0/s1. The van der Waals surface area contributed by atoms with Crippen molar-refractivity contribution in [2.75, 3.05) is 10.6 Å². The van der Waals surface area contributed by atoms with E-state index in [0.717, 1.165) is 17.8 Å². The molecule has 1 aliphatic heterocycles. The molecule has 0 aromatic heterocycles. The van der Waals surface area contributed by atoms with Crippen LogP contribution in [0.5, 0.6) is 0 Å². The predicted octanol–water partition coefficient (Wildman–Crippen LogP) is 6.51. The summed E-state index contributed by atoms with van der Waals surface area (Å²) < 4.78 is 26.7. The smallest absolute Gasteiger partial charge is 0.255 e. The molecule has 162 valence electrons. The molecule has 2 bridgehead atoms. The molecule has 0 radical (unpaired) electrons. The lowest BCUT2D eigenvalue weighted by molar-refractivity contribution is 0.102. The number of halogens is 2. The highest BCUT2D eigenvalue weighted by Crippen LogP contribution is 2.63. The van der Waals surface area contributed by atoms with Crippen LogP contribution < -0.4 is 10.6 Å². The fraction of sp³-hybridized carbons (Fsp3) is 0.296. The Hall–Kier alpha value is -3.21. The molecule has 3 aromatic rings. The molecule has 2 saturated carbocycles. The third kappa shape index (κ3) is 3.10. The number of rotatable bonds is 3. The molecule has 0 spiro atoms. The first-order valence-electron chi connectivity index (χ1n) is 11.3. The topological polar surface area (TPSA) is 41.1 Å². The number of carbonyl (C=O) groups is 1. The second kappa shape index (κ2) is 7.44. The highest BCUT2D eigenvalue weighted by atomic mass is 19.2. The summed E-state index contributed by atoms with van der Waals surface area (Å²) in [4.78, 5) is 12.9. The molecule has 6 rings (SSSR count). The SMILES string of the molecule is O=C(Nc1ccc(F)c(F)c1)c1ccc2c(c1)[C@@H]1[C@H]3CC[C@@H](C3)[C@H]1[C@@H](c1ccccc1)N2. The number of hydrogen-bond donors (Lipinski definition) is 2. The molecule has 3 aromatic carbocycles. The Bertz CT molecular complexity index is 1200. The van der Waals surface area contributed by atoms with Gasteiger partial charge in [0.05, 0.1) is 6.04 Å². The van der Waals surface area contributed by atoms with Gasteiger partial charge in [0.1, 0.15) is 0 Å². The maximum absolute atomic E-state index is 13.5. The van der Waals surface area contributed by atoms with Crippen molar-refractivity contribution in [1.29, 1.82) is 0 Å². The van der Waals surface area contributed by atoms with Crippen molar-refractivity contribution in [3.8, 4) is 0 Å². The van der Waals surface area contributed by atoms with Gasteiger partial charge in [-0.05, 0) is 84.4 Å². The van der Waals surface area contributed by atoms with Crippen LogP contribution in [0.2, 0.25) is 0 Å². The maximum Gasteiger partial charge on any atom is 0.255 e. The minimum atomic E-state index is -0.978. The van der Waals surface area contributed by atoms with Crippen molar-refractivity contribution in [2.24, 2.45) is 17.8 Å². The molecule has 5 atom stereocenters. The van der Waals surface area contributed by atoms with E-state index in [0.29, 0.717) is 29.2 Å². The maximum atomic E-state index is 13.5. The molecule has 1 heterocycles. The van der Waals surface area contributed by atoms with Crippen molar-refractivity contribution in [1.82, 2.24) is 0 Å². The van der Waals surface area contributed by atoms with Gasteiger partial charge in [0, 0.05) is 23.0 Å². The summed E-state index contributed by atoms with van der Waals surface area (Å²) in [6.07, 6.45) is 3.78. The summed E-state index contributed by atoms with van der Waals surface area (Å²) >= 11 is 0. The number of amides is 1. The molecule has 3 nitrogen and oxygen atoms in total. The minimum absolute atomic E-state index is 0.242. The lowest BCUT2D eigenvalue weighted by atomic mass is 9.68. The predicted molar refractivity (Wildman–Crippen MR) is 121 cm³/mol. The van der Waals surface area contributed by atoms with Gasteiger partial charge in [-0.15, -0.1) is 0 Å². The summed E-state index contributed by atoms with van der Waals surface area (Å²) in [5.74, 6) is 0.0903. The normalized spacial score (nSPS) is 27.4. The van der Waals surface area contributed by atoms with E-state index in [4.69, 9.17) is 0 Å². The van der Waals surface area contributed by atoms with Gasteiger partial charge in [-0.25, -0.2) is 8.78 Å². The molecular formula is C27H24F2N2O. The van der Waals surface area contributed by atoms with Crippen LogP contribution in [-0.4, -0.2) is 5.91 Å². The first-order valence-corrected chi connectivity index (χ1v) is 11.3. The van der Waals surface area contributed by atoms with Gasteiger partial charge in [-0.1, -0.05) is 30.3 Å². The van der Waals surface area contributed by atoms with Crippen molar-refractivity contribution >= 4 is 17.3 Å². The van der Waals surface area contributed by atoms with Crippen molar-refractivity contribution in [3.05, 3.63) is 95.1 Å². The van der Waals surface area contributed by atoms with Crippen molar-refractivity contribution in [3.63, 3.8) is 0 Å². The summed E-state index contributed by atoms with van der Waals surface area (Å²) in [5.41, 5.74) is 4.41. The molecule has 2 N–H and O–H groups in total. The highest BCUT2D eigenvalue weighted by molar-refractivity contribution is 6.04. The Labute approximate surface area is 185 Å². The Morgan fingerprint density at radius 1 is 0.906 bits per heavy atom. The van der Waals surface area contributed by atoms with E-state index in [1.165, 1.54) is 36.5 Å². The van der Waals surface area contributed by atoms with Gasteiger partial charge >= 0.3 is 0 Å². The molecule has 0 unspecified atom stereocenters. The van der Waals surface area contributed by atoms with Crippen LogP contribution in [0.4, 0.5) is 20.2 Å². The Morgan fingerprint density at radius 3 is 2.53 bits per heavy atom. The van der Waals surface area contributed by atoms with E-state index in [9.17, 15) is 13.6 Å². The first kappa shape index (κ1) is 19.5. The number of hydrogen-bond acceptors (Lipinski definition) is 2. The monoisotopic (exact) mass is 430 g/mol. The van der Waals surface area contributed by atoms with Crippen molar-refractivity contribution < 1.29 is 13.6 Å². The van der Waals surface area contributed by atoms with Crippen LogP contribution in [0.15, 0.2) is 66.7 Å². The van der Waals surface area contributed by atoms with Gasteiger partial charge in [0.2, 0.25) is 0 Å². The van der Waals surface area contributed by atoms with E-state index >= 15 is 0 Å². The van der Waals surface area contributed by atoms with Crippen LogP contribution in [0.3, 0.4) is 0 Å². The van der Waals surface area contributed by atoms with Crippen LogP contribution >= 0.6 is 0 Å². The quantitative estimate of drug-likeness (QED) is 0.497. The molecule has 32 heavy (non-hydrogen) atoms. The minimum Gasteiger partial charge on any atom is -0.378 e. The average molecular weight is 430 g/mol.